The molecule has 0 N–H and O–H groups in total. The largest absolute Gasteiger partial charge is 0.355 e. The molecular weight excluding hydrogens is 246 g/mol. The molecule has 92 valence electrons. The Morgan fingerprint density at radius 3 is 3.06 bits per heavy atom. The van der Waals surface area contributed by atoms with Crippen LogP contribution in [0.25, 0.3) is 10.2 Å². The zero-order valence-corrected chi connectivity index (χ0v) is 11.1. The van der Waals surface area contributed by atoms with Gasteiger partial charge in [0.05, 0.1) is 11.6 Å². The van der Waals surface area contributed by atoms with Gasteiger partial charge in [-0.25, -0.2) is 9.97 Å². The predicted octanol–water partition coefficient (Wildman–Crippen LogP) is 2.06. The van der Waals surface area contributed by atoms with E-state index in [9.17, 15) is 0 Å². The molecule has 0 atom stereocenters. The molecule has 0 aliphatic carbocycles. The highest BCUT2D eigenvalue weighted by Gasteiger charge is 2.10. The molecule has 0 aliphatic heterocycles. The van der Waals surface area contributed by atoms with E-state index in [-0.39, 0.29) is 0 Å². The Morgan fingerprint density at radius 1 is 1.39 bits per heavy atom. The van der Waals surface area contributed by atoms with E-state index in [0.717, 1.165) is 22.6 Å². The first-order chi connectivity index (χ1) is 8.74. The molecule has 5 nitrogen and oxygen atoms in total. The highest BCUT2D eigenvalue weighted by Crippen LogP contribution is 2.26. The van der Waals surface area contributed by atoms with Crippen LogP contribution in [0, 0.1) is 0 Å². The first-order valence-corrected chi connectivity index (χ1v) is 6.49. The third-order valence-corrected chi connectivity index (χ3v) is 3.60. The van der Waals surface area contributed by atoms with Gasteiger partial charge in [-0.05, 0) is 11.4 Å². The van der Waals surface area contributed by atoms with E-state index in [2.05, 4.69) is 26.0 Å². The van der Waals surface area contributed by atoms with Gasteiger partial charge in [0.1, 0.15) is 17.0 Å². The molecule has 0 aliphatic rings. The van der Waals surface area contributed by atoms with Crippen LogP contribution in [0.1, 0.15) is 5.56 Å². The minimum Gasteiger partial charge on any atom is -0.355 e. The van der Waals surface area contributed by atoms with E-state index in [4.69, 9.17) is 0 Å². The summed E-state index contributed by atoms with van der Waals surface area (Å²) in [5.74, 6) is 0.963. The Bertz CT molecular complexity index is 672. The molecule has 3 rings (SSSR count). The number of thiophene rings is 1. The second-order valence-corrected chi connectivity index (χ2v) is 5.11. The van der Waals surface area contributed by atoms with Crippen LogP contribution in [0.4, 0.5) is 5.82 Å². The molecule has 3 aromatic heterocycles. The van der Waals surface area contributed by atoms with Crippen molar-refractivity contribution in [3.63, 3.8) is 0 Å². The van der Waals surface area contributed by atoms with Crippen molar-refractivity contribution in [2.45, 2.75) is 6.54 Å². The van der Waals surface area contributed by atoms with Gasteiger partial charge in [0.2, 0.25) is 0 Å². The first kappa shape index (κ1) is 11.2. The summed E-state index contributed by atoms with van der Waals surface area (Å²) in [5.41, 5.74) is 1.17. The van der Waals surface area contributed by atoms with Crippen molar-refractivity contribution >= 4 is 27.4 Å². The van der Waals surface area contributed by atoms with Crippen LogP contribution in [0.3, 0.4) is 0 Å². The Labute approximate surface area is 109 Å². The van der Waals surface area contributed by atoms with Crippen LogP contribution in [0.2, 0.25) is 0 Å². The van der Waals surface area contributed by atoms with Crippen molar-refractivity contribution < 1.29 is 0 Å². The van der Waals surface area contributed by atoms with Crippen LogP contribution in [0.15, 0.2) is 30.2 Å². The van der Waals surface area contributed by atoms with Gasteiger partial charge in [0.15, 0.2) is 0 Å². The highest BCUT2D eigenvalue weighted by molar-refractivity contribution is 7.16. The molecule has 6 heteroatoms. The molecule has 0 saturated heterocycles. The van der Waals surface area contributed by atoms with Crippen LogP contribution < -0.4 is 4.90 Å². The Kier molecular flexibility index (Phi) is 2.71. The van der Waals surface area contributed by atoms with Crippen molar-refractivity contribution in [2.24, 2.45) is 7.05 Å². The van der Waals surface area contributed by atoms with Gasteiger partial charge in [-0.3, -0.25) is 4.68 Å². The lowest BCUT2D eigenvalue weighted by Gasteiger charge is -2.17. The maximum atomic E-state index is 4.38. The molecule has 3 aromatic rings. The average molecular weight is 259 g/mol. The zero-order valence-electron chi connectivity index (χ0n) is 10.2. The molecule has 0 radical (unpaired) electrons. The lowest BCUT2D eigenvalue weighted by atomic mass is 10.3. The fourth-order valence-corrected chi connectivity index (χ4v) is 2.71. The SMILES string of the molecule is CN(Cc1cnn(C)c1)c1ncnc2sccc12. The fourth-order valence-electron chi connectivity index (χ4n) is 1.98. The summed E-state index contributed by atoms with van der Waals surface area (Å²) in [6.07, 6.45) is 5.51. The Balaban J connectivity index is 1.92. The topological polar surface area (TPSA) is 46.8 Å². The van der Waals surface area contributed by atoms with Gasteiger partial charge in [0.25, 0.3) is 0 Å². The van der Waals surface area contributed by atoms with Gasteiger partial charge >= 0.3 is 0 Å². The lowest BCUT2D eigenvalue weighted by molar-refractivity contribution is 0.766. The minimum absolute atomic E-state index is 0.788. The van der Waals surface area contributed by atoms with E-state index in [1.165, 1.54) is 5.56 Å². The number of fused-ring (bicyclic) bond motifs is 1. The van der Waals surface area contributed by atoms with Gasteiger partial charge in [-0.2, -0.15) is 5.10 Å². The second-order valence-electron chi connectivity index (χ2n) is 4.22. The van der Waals surface area contributed by atoms with Crippen molar-refractivity contribution in [1.82, 2.24) is 19.7 Å². The predicted molar refractivity (Wildman–Crippen MR) is 72.7 cm³/mol. The molecule has 0 saturated carbocycles. The van der Waals surface area contributed by atoms with Crippen LogP contribution in [0.5, 0.6) is 0 Å². The lowest BCUT2D eigenvalue weighted by Crippen LogP contribution is -2.17. The van der Waals surface area contributed by atoms with E-state index in [1.807, 2.05) is 36.6 Å². The summed E-state index contributed by atoms with van der Waals surface area (Å²) in [4.78, 5) is 11.8. The monoisotopic (exact) mass is 259 g/mol. The molecule has 0 bridgehead atoms. The number of anilines is 1. The standard InChI is InChI=1S/C12H13N5S/c1-16(6-9-5-15-17(2)7-9)11-10-3-4-18-12(10)14-8-13-11/h3-5,7-8H,6H2,1-2H3. The molecule has 0 amide bonds. The summed E-state index contributed by atoms with van der Waals surface area (Å²) < 4.78 is 1.81. The van der Waals surface area contributed by atoms with E-state index >= 15 is 0 Å². The van der Waals surface area contributed by atoms with Gasteiger partial charge in [0, 0.05) is 32.4 Å². The highest BCUT2D eigenvalue weighted by atomic mass is 32.1. The normalized spacial score (nSPS) is 11.0. The van der Waals surface area contributed by atoms with Crippen LogP contribution >= 0.6 is 11.3 Å². The molecular formula is C12H13N5S. The van der Waals surface area contributed by atoms with E-state index in [1.54, 1.807) is 17.7 Å². The van der Waals surface area contributed by atoms with Crippen LogP contribution in [-0.4, -0.2) is 26.8 Å². The summed E-state index contributed by atoms with van der Waals surface area (Å²) >= 11 is 1.64. The smallest absolute Gasteiger partial charge is 0.140 e. The van der Waals surface area contributed by atoms with E-state index < -0.39 is 0 Å². The van der Waals surface area contributed by atoms with Crippen molar-refractivity contribution in [1.29, 1.82) is 0 Å². The van der Waals surface area contributed by atoms with Crippen molar-refractivity contribution in [2.75, 3.05) is 11.9 Å². The minimum atomic E-state index is 0.788. The number of rotatable bonds is 3. The third-order valence-electron chi connectivity index (χ3n) is 2.78. The summed E-state index contributed by atoms with van der Waals surface area (Å²) in [6, 6.07) is 2.06. The number of hydrogen-bond acceptors (Lipinski definition) is 5. The second kappa shape index (κ2) is 4.38. The van der Waals surface area contributed by atoms with Gasteiger partial charge < -0.3 is 4.90 Å². The molecule has 0 spiro atoms. The van der Waals surface area contributed by atoms with Gasteiger partial charge in [-0.15, -0.1) is 11.3 Å². The van der Waals surface area contributed by atoms with Crippen LogP contribution in [-0.2, 0) is 13.6 Å². The summed E-state index contributed by atoms with van der Waals surface area (Å²) in [6.45, 7) is 0.788. The Hall–Kier alpha value is -1.95. The number of nitrogens with zero attached hydrogens (tertiary/aromatic N) is 5. The number of aromatic nitrogens is 4. The molecule has 0 aromatic carbocycles. The quantitative estimate of drug-likeness (QED) is 0.722. The maximum Gasteiger partial charge on any atom is 0.140 e. The molecule has 0 unspecified atom stereocenters. The summed E-state index contributed by atoms with van der Waals surface area (Å²) in [7, 11) is 3.96. The fraction of sp³-hybridized carbons (Fsp3) is 0.250. The van der Waals surface area contributed by atoms with Crippen molar-refractivity contribution in [3.8, 4) is 0 Å². The molecule has 0 fully saturated rings. The van der Waals surface area contributed by atoms with Gasteiger partial charge in [-0.1, -0.05) is 0 Å². The molecule has 18 heavy (non-hydrogen) atoms. The maximum absolute atomic E-state index is 4.38. The number of hydrogen-bond donors (Lipinski definition) is 0. The Morgan fingerprint density at radius 2 is 2.28 bits per heavy atom. The first-order valence-electron chi connectivity index (χ1n) is 5.61. The zero-order chi connectivity index (χ0) is 12.5. The molecule has 3 heterocycles. The average Bonchev–Trinajstić information content (AvgIpc) is 2.97. The third kappa shape index (κ3) is 1.95. The summed E-state index contributed by atoms with van der Waals surface area (Å²) in [5, 5.41) is 7.32. The van der Waals surface area contributed by atoms with E-state index in [0.29, 0.717) is 0 Å². The number of aryl methyl sites for hydroxylation is 1. The van der Waals surface area contributed by atoms with Crippen molar-refractivity contribution in [3.05, 3.63) is 35.7 Å².